The quantitative estimate of drug-likeness (QED) is 0.438. The van der Waals surface area contributed by atoms with Crippen molar-refractivity contribution in [1.82, 2.24) is 10.3 Å². The highest BCUT2D eigenvalue weighted by Crippen LogP contribution is 2.21. The number of hydrazine groups is 1. The maximum Gasteiger partial charge on any atom is 0.270 e. The molecule has 0 atom stereocenters. The highest BCUT2D eigenvalue weighted by atomic mass is 32.1. The minimum atomic E-state index is -0.568. The summed E-state index contributed by atoms with van der Waals surface area (Å²) < 4.78 is 0. The number of nitrogens with zero attached hydrogens (tertiary/aromatic N) is 2. The van der Waals surface area contributed by atoms with E-state index < -0.39 is 10.8 Å². The lowest BCUT2D eigenvalue weighted by Gasteiger charge is -2.08. The third-order valence-corrected chi connectivity index (χ3v) is 3.60. The van der Waals surface area contributed by atoms with Crippen LogP contribution in [-0.4, -0.2) is 15.8 Å². The van der Waals surface area contributed by atoms with Gasteiger partial charge < -0.3 is 10.7 Å². The molecule has 0 aliphatic carbocycles. The number of carbonyl (C=O) groups excluding carboxylic acids is 1. The summed E-state index contributed by atoms with van der Waals surface area (Å²) in [5.74, 6) is 4.86. The first-order valence-electron chi connectivity index (χ1n) is 5.96. The van der Waals surface area contributed by atoms with Crippen LogP contribution in [0, 0.1) is 17.0 Å². The van der Waals surface area contributed by atoms with Crippen LogP contribution in [0.1, 0.15) is 20.2 Å². The van der Waals surface area contributed by atoms with Gasteiger partial charge in [-0.25, -0.2) is 4.98 Å². The minimum absolute atomic E-state index is 0.111. The summed E-state index contributed by atoms with van der Waals surface area (Å²) in [7, 11) is 0. The molecular weight excluding hydrogens is 294 g/mol. The van der Waals surface area contributed by atoms with Crippen LogP contribution in [0.4, 0.5) is 11.4 Å². The Morgan fingerprint density at radius 3 is 2.86 bits per heavy atom. The number of thiazole rings is 1. The van der Waals surface area contributed by atoms with Crippen LogP contribution in [0.5, 0.6) is 0 Å². The van der Waals surface area contributed by atoms with Gasteiger partial charge in [0.15, 0.2) is 0 Å². The summed E-state index contributed by atoms with van der Waals surface area (Å²) >= 11 is 1.47. The van der Waals surface area contributed by atoms with Crippen molar-refractivity contribution in [3.05, 3.63) is 50.0 Å². The molecule has 4 N–H and O–H groups in total. The Balaban J connectivity index is 2.17. The van der Waals surface area contributed by atoms with E-state index in [0.717, 1.165) is 9.88 Å². The maximum absolute atomic E-state index is 12.1. The van der Waals surface area contributed by atoms with Crippen molar-refractivity contribution in [2.45, 2.75) is 13.5 Å². The molecule has 0 saturated carbocycles. The number of aromatic nitrogens is 1. The van der Waals surface area contributed by atoms with Gasteiger partial charge in [-0.2, -0.15) is 0 Å². The number of nitro benzene ring substituents is 1. The van der Waals surface area contributed by atoms with Crippen LogP contribution in [0.2, 0.25) is 0 Å². The topological polar surface area (TPSA) is 123 Å². The number of hydrogen-bond acceptors (Lipinski definition) is 7. The van der Waals surface area contributed by atoms with Crippen molar-refractivity contribution in [1.29, 1.82) is 0 Å². The van der Waals surface area contributed by atoms with E-state index in [-0.39, 0.29) is 17.8 Å². The van der Waals surface area contributed by atoms with Crippen molar-refractivity contribution < 1.29 is 9.72 Å². The molecule has 0 aliphatic heterocycles. The van der Waals surface area contributed by atoms with Gasteiger partial charge in [0.2, 0.25) is 0 Å². The molecule has 0 spiro atoms. The zero-order valence-corrected chi connectivity index (χ0v) is 11.9. The lowest BCUT2D eigenvalue weighted by molar-refractivity contribution is -0.384. The number of rotatable bonds is 5. The van der Waals surface area contributed by atoms with Crippen molar-refractivity contribution >= 4 is 28.6 Å². The monoisotopic (exact) mass is 307 g/mol. The molecule has 21 heavy (non-hydrogen) atoms. The van der Waals surface area contributed by atoms with E-state index in [2.05, 4.69) is 15.7 Å². The average Bonchev–Trinajstić information content (AvgIpc) is 2.89. The predicted molar refractivity (Wildman–Crippen MR) is 78.9 cm³/mol. The van der Waals surface area contributed by atoms with Gasteiger partial charge in [-0.1, -0.05) is 0 Å². The fourth-order valence-electron chi connectivity index (χ4n) is 1.69. The first kappa shape index (κ1) is 14.9. The van der Waals surface area contributed by atoms with Gasteiger partial charge in [0.05, 0.1) is 22.7 Å². The molecule has 1 aromatic carbocycles. The molecule has 9 heteroatoms. The molecule has 0 fully saturated rings. The highest BCUT2D eigenvalue weighted by Gasteiger charge is 2.16. The van der Waals surface area contributed by atoms with Gasteiger partial charge >= 0.3 is 0 Å². The Labute approximate surface area is 124 Å². The third kappa shape index (κ3) is 3.52. The lowest BCUT2D eigenvalue weighted by atomic mass is 10.1. The molecule has 8 nitrogen and oxygen atoms in total. The van der Waals surface area contributed by atoms with Crippen LogP contribution >= 0.6 is 11.3 Å². The highest BCUT2D eigenvalue weighted by molar-refractivity contribution is 7.11. The van der Waals surface area contributed by atoms with E-state index in [1.807, 2.05) is 6.92 Å². The SMILES string of the molecule is Cc1cnc(CNC(=O)c2cc([N+](=O)[O-])ccc2NN)s1. The minimum Gasteiger partial charge on any atom is -0.345 e. The molecule has 0 radical (unpaired) electrons. The van der Waals surface area contributed by atoms with Crippen molar-refractivity contribution in [3.63, 3.8) is 0 Å². The van der Waals surface area contributed by atoms with Gasteiger partial charge in [0.25, 0.3) is 11.6 Å². The predicted octanol–water partition coefficient (Wildman–Crippen LogP) is 1.58. The Morgan fingerprint density at radius 1 is 1.52 bits per heavy atom. The van der Waals surface area contributed by atoms with E-state index in [4.69, 9.17) is 5.84 Å². The Morgan fingerprint density at radius 2 is 2.29 bits per heavy atom. The Hall–Kier alpha value is -2.52. The van der Waals surface area contributed by atoms with Gasteiger partial charge in [-0.3, -0.25) is 20.8 Å². The lowest BCUT2D eigenvalue weighted by Crippen LogP contribution is -2.24. The van der Waals surface area contributed by atoms with Crippen molar-refractivity contribution in [2.24, 2.45) is 5.84 Å². The Kier molecular flexibility index (Phi) is 4.45. The number of nitrogens with one attached hydrogen (secondary N) is 2. The zero-order chi connectivity index (χ0) is 15.4. The third-order valence-electron chi connectivity index (χ3n) is 2.68. The van der Waals surface area contributed by atoms with Crippen LogP contribution in [0.3, 0.4) is 0 Å². The van der Waals surface area contributed by atoms with Crippen LogP contribution in [-0.2, 0) is 6.54 Å². The smallest absolute Gasteiger partial charge is 0.270 e. The van der Waals surface area contributed by atoms with Crippen molar-refractivity contribution in [3.8, 4) is 0 Å². The van der Waals surface area contributed by atoms with E-state index in [9.17, 15) is 14.9 Å². The molecule has 2 aromatic rings. The molecular formula is C12H13N5O3S. The van der Waals surface area contributed by atoms with E-state index in [1.165, 1.54) is 29.5 Å². The molecule has 0 aliphatic rings. The molecule has 2 rings (SSSR count). The van der Waals surface area contributed by atoms with Gasteiger partial charge in [-0.15, -0.1) is 11.3 Å². The van der Waals surface area contributed by atoms with E-state index >= 15 is 0 Å². The van der Waals surface area contributed by atoms with Gasteiger partial charge in [0, 0.05) is 23.2 Å². The number of aryl methyl sites for hydroxylation is 1. The number of nitro groups is 1. The van der Waals surface area contributed by atoms with Crippen LogP contribution in [0.15, 0.2) is 24.4 Å². The summed E-state index contributed by atoms with van der Waals surface area (Å²) in [6, 6.07) is 3.84. The number of amides is 1. The van der Waals surface area contributed by atoms with Crippen molar-refractivity contribution in [2.75, 3.05) is 5.43 Å². The van der Waals surface area contributed by atoms with E-state index in [1.54, 1.807) is 6.20 Å². The van der Waals surface area contributed by atoms with Gasteiger partial charge in [-0.05, 0) is 13.0 Å². The summed E-state index contributed by atoms with van der Waals surface area (Å²) in [5.41, 5.74) is 2.60. The molecule has 0 unspecified atom stereocenters. The summed E-state index contributed by atoms with van der Waals surface area (Å²) in [6.07, 6.45) is 1.71. The molecule has 0 saturated heterocycles. The molecule has 1 amide bonds. The number of anilines is 1. The summed E-state index contributed by atoms with van der Waals surface area (Å²) in [4.78, 5) is 27.5. The fraction of sp³-hybridized carbons (Fsp3) is 0.167. The normalized spacial score (nSPS) is 10.2. The average molecular weight is 307 g/mol. The van der Waals surface area contributed by atoms with Crippen LogP contribution < -0.4 is 16.6 Å². The van der Waals surface area contributed by atoms with E-state index in [0.29, 0.717) is 5.69 Å². The largest absolute Gasteiger partial charge is 0.345 e. The van der Waals surface area contributed by atoms with Crippen LogP contribution in [0.25, 0.3) is 0 Å². The summed E-state index contributed by atoms with van der Waals surface area (Å²) in [6.45, 7) is 2.17. The molecule has 1 heterocycles. The number of benzene rings is 1. The maximum atomic E-state index is 12.1. The summed E-state index contributed by atoms with van der Waals surface area (Å²) in [5, 5.41) is 14.2. The molecule has 1 aromatic heterocycles. The second kappa shape index (κ2) is 6.29. The second-order valence-electron chi connectivity index (χ2n) is 4.18. The zero-order valence-electron chi connectivity index (χ0n) is 11.1. The number of hydrogen-bond donors (Lipinski definition) is 3. The molecule has 110 valence electrons. The number of nitrogens with two attached hydrogens (primary N) is 1. The second-order valence-corrected chi connectivity index (χ2v) is 5.50. The number of non-ortho nitro benzene ring substituents is 1. The first-order valence-corrected chi connectivity index (χ1v) is 6.77. The standard InChI is InChI=1S/C12H13N5O3S/c1-7-5-14-11(21-7)6-15-12(18)9-4-8(17(19)20)2-3-10(9)16-13/h2-5,16H,6,13H2,1H3,(H,15,18). The number of carbonyl (C=O) groups is 1. The Bertz CT molecular complexity index is 685. The first-order chi connectivity index (χ1) is 10.0. The number of nitrogen functional groups attached to an aromatic ring is 1. The van der Waals surface area contributed by atoms with Gasteiger partial charge in [0.1, 0.15) is 5.01 Å². The fourth-order valence-corrected chi connectivity index (χ4v) is 2.42. The molecule has 0 bridgehead atoms.